The fourth-order valence-corrected chi connectivity index (χ4v) is 3.48. The second kappa shape index (κ2) is 9.75. The lowest BCUT2D eigenvalue weighted by Gasteiger charge is -2.42. The molecule has 1 aliphatic carbocycles. The molecular weight excluding hydrogens is 336 g/mol. The molecule has 0 saturated heterocycles. The van der Waals surface area contributed by atoms with Gasteiger partial charge in [-0.1, -0.05) is 12.8 Å². The van der Waals surface area contributed by atoms with Gasteiger partial charge in [-0.15, -0.1) is 0 Å². The van der Waals surface area contributed by atoms with E-state index in [9.17, 15) is 14.4 Å². The molecular formula is C18H34N4O4. The summed E-state index contributed by atoms with van der Waals surface area (Å²) in [5.41, 5.74) is 16.0. The summed E-state index contributed by atoms with van der Waals surface area (Å²) in [5.74, 6) is -1.58. The maximum absolute atomic E-state index is 12.9. The quantitative estimate of drug-likeness (QED) is 0.551. The Kier molecular flexibility index (Phi) is 8.33. The van der Waals surface area contributed by atoms with E-state index >= 15 is 0 Å². The highest BCUT2D eigenvalue weighted by atomic mass is 16.6. The smallest absolute Gasteiger partial charge is 0.411 e. The van der Waals surface area contributed by atoms with Gasteiger partial charge in [0, 0.05) is 6.04 Å². The van der Waals surface area contributed by atoms with Crippen molar-refractivity contribution in [1.82, 2.24) is 4.90 Å². The lowest BCUT2D eigenvalue weighted by Crippen LogP contribution is -2.58. The van der Waals surface area contributed by atoms with Crippen LogP contribution >= 0.6 is 0 Å². The van der Waals surface area contributed by atoms with Gasteiger partial charge in [0.2, 0.25) is 11.8 Å². The van der Waals surface area contributed by atoms with Crippen molar-refractivity contribution in [3.63, 3.8) is 0 Å². The van der Waals surface area contributed by atoms with Gasteiger partial charge in [0.05, 0.1) is 5.92 Å². The van der Waals surface area contributed by atoms with Gasteiger partial charge in [-0.3, -0.25) is 14.5 Å². The van der Waals surface area contributed by atoms with Gasteiger partial charge in [0.15, 0.2) is 0 Å². The van der Waals surface area contributed by atoms with E-state index in [0.29, 0.717) is 32.2 Å². The molecule has 0 aromatic rings. The van der Waals surface area contributed by atoms with E-state index in [0.717, 1.165) is 19.3 Å². The number of primary amides is 2. The molecule has 26 heavy (non-hydrogen) atoms. The van der Waals surface area contributed by atoms with Crippen molar-refractivity contribution in [3.05, 3.63) is 0 Å². The number of carbonyl (C=O) groups is 3. The van der Waals surface area contributed by atoms with Crippen LogP contribution in [-0.2, 0) is 14.3 Å². The van der Waals surface area contributed by atoms with Gasteiger partial charge in [0.1, 0.15) is 11.6 Å². The van der Waals surface area contributed by atoms with Crippen LogP contribution in [0.5, 0.6) is 0 Å². The first kappa shape index (κ1) is 22.2. The highest BCUT2D eigenvalue weighted by Crippen LogP contribution is 2.32. The molecule has 0 heterocycles. The summed E-state index contributed by atoms with van der Waals surface area (Å²) in [6, 6.07) is -1.33. The molecule has 3 unspecified atom stereocenters. The van der Waals surface area contributed by atoms with Crippen LogP contribution in [0, 0.1) is 5.92 Å². The van der Waals surface area contributed by atoms with Gasteiger partial charge >= 0.3 is 6.09 Å². The third kappa shape index (κ3) is 6.48. The van der Waals surface area contributed by atoms with Crippen LogP contribution in [0.3, 0.4) is 0 Å². The van der Waals surface area contributed by atoms with Crippen LogP contribution < -0.4 is 17.2 Å². The summed E-state index contributed by atoms with van der Waals surface area (Å²) in [6.07, 6.45) is 4.01. The summed E-state index contributed by atoms with van der Waals surface area (Å²) >= 11 is 0. The number of amides is 3. The molecule has 1 fully saturated rings. The third-order valence-corrected chi connectivity index (χ3v) is 4.65. The van der Waals surface area contributed by atoms with Crippen LogP contribution in [0.25, 0.3) is 0 Å². The minimum absolute atomic E-state index is 0.383. The Labute approximate surface area is 155 Å². The average molecular weight is 370 g/mol. The van der Waals surface area contributed by atoms with Gasteiger partial charge < -0.3 is 21.9 Å². The van der Waals surface area contributed by atoms with Crippen molar-refractivity contribution in [2.45, 2.75) is 83.4 Å². The fraction of sp³-hybridized carbons (Fsp3) is 0.833. The first-order valence-electron chi connectivity index (χ1n) is 9.38. The monoisotopic (exact) mass is 370 g/mol. The Morgan fingerprint density at radius 1 is 1.12 bits per heavy atom. The first-order chi connectivity index (χ1) is 12.1. The topological polar surface area (TPSA) is 142 Å². The van der Waals surface area contributed by atoms with Crippen LogP contribution in [-0.4, -0.2) is 47.0 Å². The Balaban J connectivity index is 3.18. The lowest BCUT2D eigenvalue weighted by molar-refractivity contribution is -0.130. The predicted molar refractivity (Wildman–Crippen MR) is 98.9 cm³/mol. The molecule has 0 aromatic heterocycles. The third-order valence-electron chi connectivity index (χ3n) is 4.65. The summed E-state index contributed by atoms with van der Waals surface area (Å²) < 4.78 is 5.52. The Morgan fingerprint density at radius 3 is 2.23 bits per heavy atom. The van der Waals surface area contributed by atoms with Crippen molar-refractivity contribution in [2.75, 3.05) is 6.54 Å². The molecule has 1 saturated carbocycles. The average Bonchev–Trinajstić information content (AvgIpc) is 2.52. The van der Waals surface area contributed by atoms with E-state index in [1.807, 2.05) is 0 Å². The maximum Gasteiger partial charge on any atom is 0.411 e. The zero-order valence-corrected chi connectivity index (χ0v) is 16.2. The molecule has 0 bridgehead atoms. The standard InChI is InChI=1S/C18H34N4O4/c1-18(2,3)26-17(25)22(14(16(21)24)10-6-7-11-19)13-9-5-4-8-12(13)15(20)23/h12-14H,4-11,19H2,1-3H3,(H2,20,23)(H2,21,24). The molecule has 1 rings (SSSR count). The molecule has 0 spiro atoms. The molecule has 1 aliphatic rings. The Hall–Kier alpha value is -1.83. The molecule has 0 radical (unpaired) electrons. The van der Waals surface area contributed by atoms with Crippen molar-refractivity contribution < 1.29 is 19.1 Å². The van der Waals surface area contributed by atoms with Gasteiger partial charge in [-0.2, -0.15) is 0 Å². The van der Waals surface area contributed by atoms with Crippen LogP contribution in [0.4, 0.5) is 4.79 Å². The number of hydrogen-bond donors (Lipinski definition) is 3. The minimum Gasteiger partial charge on any atom is -0.444 e. The molecule has 3 atom stereocenters. The summed E-state index contributed by atoms with van der Waals surface area (Å²) in [4.78, 5) is 38.4. The Morgan fingerprint density at radius 2 is 1.73 bits per heavy atom. The summed E-state index contributed by atoms with van der Waals surface area (Å²) in [7, 11) is 0. The molecule has 0 aliphatic heterocycles. The van der Waals surface area contributed by atoms with E-state index in [-0.39, 0.29) is 0 Å². The minimum atomic E-state index is -0.846. The Bertz CT molecular complexity index is 504. The second-order valence-electron chi connectivity index (χ2n) is 7.95. The van der Waals surface area contributed by atoms with Crippen molar-refractivity contribution >= 4 is 17.9 Å². The SMILES string of the molecule is CC(C)(C)OC(=O)N(C(CCCCN)C(N)=O)C1CCCCC1C(N)=O. The van der Waals surface area contributed by atoms with Crippen LogP contribution in [0.1, 0.15) is 65.7 Å². The highest BCUT2D eigenvalue weighted by molar-refractivity contribution is 5.85. The number of rotatable bonds is 8. The predicted octanol–water partition coefficient (Wildman–Crippen LogP) is 1.25. The summed E-state index contributed by atoms with van der Waals surface area (Å²) in [5, 5.41) is 0. The molecule has 3 amide bonds. The first-order valence-corrected chi connectivity index (χ1v) is 9.38. The molecule has 0 aromatic carbocycles. The molecule has 6 N–H and O–H groups in total. The zero-order chi connectivity index (χ0) is 19.9. The van der Waals surface area contributed by atoms with E-state index in [4.69, 9.17) is 21.9 Å². The van der Waals surface area contributed by atoms with E-state index in [1.54, 1.807) is 20.8 Å². The maximum atomic E-state index is 12.9. The molecule has 8 nitrogen and oxygen atoms in total. The van der Waals surface area contributed by atoms with Crippen molar-refractivity contribution in [3.8, 4) is 0 Å². The molecule has 8 heteroatoms. The number of nitrogens with two attached hydrogens (primary N) is 3. The molecule has 150 valence electrons. The van der Waals surface area contributed by atoms with E-state index in [1.165, 1.54) is 4.90 Å². The van der Waals surface area contributed by atoms with E-state index < -0.39 is 41.5 Å². The van der Waals surface area contributed by atoms with E-state index in [2.05, 4.69) is 0 Å². The number of carbonyl (C=O) groups excluding carboxylic acids is 3. The number of ether oxygens (including phenoxy) is 1. The van der Waals surface area contributed by atoms with Crippen LogP contribution in [0.15, 0.2) is 0 Å². The number of unbranched alkanes of at least 4 members (excludes halogenated alkanes) is 1. The lowest BCUT2D eigenvalue weighted by atomic mass is 9.82. The van der Waals surface area contributed by atoms with Gasteiger partial charge in [-0.05, 0) is 59.4 Å². The number of hydrogen-bond acceptors (Lipinski definition) is 5. The van der Waals surface area contributed by atoms with Crippen molar-refractivity contribution in [1.29, 1.82) is 0 Å². The second-order valence-corrected chi connectivity index (χ2v) is 7.95. The zero-order valence-electron chi connectivity index (χ0n) is 16.2. The summed E-state index contributed by atoms with van der Waals surface area (Å²) in [6.45, 7) is 5.75. The van der Waals surface area contributed by atoms with Gasteiger partial charge in [0.25, 0.3) is 0 Å². The normalized spacial score (nSPS) is 21.7. The number of nitrogens with zero attached hydrogens (tertiary/aromatic N) is 1. The van der Waals surface area contributed by atoms with Crippen molar-refractivity contribution in [2.24, 2.45) is 23.1 Å². The largest absolute Gasteiger partial charge is 0.444 e. The fourth-order valence-electron chi connectivity index (χ4n) is 3.48. The van der Waals surface area contributed by atoms with Gasteiger partial charge in [-0.25, -0.2) is 4.79 Å². The highest BCUT2D eigenvalue weighted by Gasteiger charge is 2.42. The van der Waals surface area contributed by atoms with Crippen LogP contribution in [0.2, 0.25) is 0 Å².